The standard InChI is InChI=1S/C18H22N2O4S/c1-18(2,3)16-19-14(11-25-16)13(9-15(21)22)20-17(23)24-10-12-7-5-4-6-8-12/h4-8,11,13H,9-10H2,1-3H3,(H,20,23)(H,21,22)/t13-/m0/s1. The number of aromatic nitrogens is 1. The topological polar surface area (TPSA) is 88.5 Å². The number of nitrogens with one attached hydrogen (secondary N) is 1. The Morgan fingerprint density at radius 2 is 1.96 bits per heavy atom. The van der Waals surface area contributed by atoms with Crippen LogP contribution < -0.4 is 5.32 Å². The van der Waals surface area contributed by atoms with Crippen LogP contribution in [-0.4, -0.2) is 22.2 Å². The van der Waals surface area contributed by atoms with E-state index in [9.17, 15) is 9.59 Å². The highest BCUT2D eigenvalue weighted by molar-refractivity contribution is 7.09. The lowest BCUT2D eigenvalue weighted by atomic mass is 9.98. The second-order valence-corrected chi connectivity index (χ2v) is 7.54. The van der Waals surface area contributed by atoms with Crippen LogP contribution >= 0.6 is 11.3 Å². The Bertz CT molecular complexity index is 722. The van der Waals surface area contributed by atoms with Gasteiger partial charge >= 0.3 is 12.1 Å². The molecule has 1 aromatic heterocycles. The largest absolute Gasteiger partial charge is 0.481 e. The Balaban J connectivity index is 2.03. The van der Waals surface area contributed by atoms with Crippen molar-refractivity contribution in [2.24, 2.45) is 0 Å². The maximum Gasteiger partial charge on any atom is 0.408 e. The van der Waals surface area contributed by atoms with E-state index in [-0.39, 0.29) is 18.4 Å². The summed E-state index contributed by atoms with van der Waals surface area (Å²) in [6.07, 6.45) is -0.922. The molecule has 0 aliphatic rings. The molecule has 0 unspecified atom stereocenters. The van der Waals surface area contributed by atoms with Crippen molar-refractivity contribution < 1.29 is 19.4 Å². The highest BCUT2D eigenvalue weighted by Crippen LogP contribution is 2.28. The monoisotopic (exact) mass is 362 g/mol. The van der Waals surface area contributed by atoms with E-state index in [0.29, 0.717) is 5.69 Å². The van der Waals surface area contributed by atoms with Crippen LogP contribution in [0.4, 0.5) is 4.79 Å². The van der Waals surface area contributed by atoms with Crippen molar-refractivity contribution in [3.05, 3.63) is 52.0 Å². The summed E-state index contributed by atoms with van der Waals surface area (Å²) in [5.74, 6) is -1.02. The van der Waals surface area contributed by atoms with Gasteiger partial charge in [-0.2, -0.15) is 0 Å². The number of amides is 1. The van der Waals surface area contributed by atoms with E-state index in [4.69, 9.17) is 9.84 Å². The number of hydrogen-bond acceptors (Lipinski definition) is 5. The fourth-order valence-corrected chi connectivity index (χ4v) is 3.06. The predicted molar refractivity (Wildman–Crippen MR) is 95.6 cm³/mol. The maximum absolute atomic E-state index is 12.0. The van der Waals surface area contributed by atoms with Gasteiger partial charge in [-0.3, -0.25) is 4.79 Å². The van der Waals surface area contributed by atoms with Gasteiger partial charge in [-0.15, -0.1) is 11.3 Å². The van der Waals surface area contributed by atoms with E-state index in [0.717, 1.165) is 10.6 Å². The van der Waals surface area contributed by atoms with Crippen molar-refractivity contribution in [1.82, 2.24) is 10.3 Å². The number of alkyl carbamates (subject to hydrolysis) is 1. The molecule has 0 saturated heterocycles. The van der Waals surface area contributed by atoms with E-state index in [1.807, 2.05) is 51.1 Å². The average molecular weight is 362 g/mol. The fraction of sp³-hybridized carbons (Fsp3) is 0.389. The Morgan fingerprint density at radius 3 is 2.52 bits per heavy atom. The summed E-state index contributed by atoms with van der Waals surface area (Å²) in [5.41, 5.74) is 1.26. The molecule has 1 heterocycles. The molecule has 0 saturated carbocycles. The molecule has 25 heavy (non-hydrogen) atoms. The lowest BCUT2D eigenvalue weighted by Gasteiger charge is -2.16. The zero-order valence-electron chi connectivity index (χ0n) is 14.5. The van der Waals surface area contributed by atoms with Gasteiger partial charge in [0.1, 0.15) is 6.61 Å². The first-order valence-electron chi connectivity index (χ1n) is 7.90. The quantitative estimate of drug-likeness (QED) is 0.814. The van der Waals surface area contributed by atoms with Crippen molar-refractivity contribution in [3.8, 4) is 0 Å². The van der Waals surface area contributed by atoms with Crippen molar-refractivity contribution >= 4 is 23.4 Å². The summed E-state index contributed by atoms with van der Waals surface area (Å²) in [7, 11) is 0. The lowest BCUT2D eigenvalue weighted by Crippen LogP contribution is -2.31. The third-order valence-corrected chi connectivity index (χ3v) is 4.69. The van der Waals surface area contributed by atoms with Crippen LogP contribution in [0.2, 0.25) is 0 Å². The summed E-state index contributed by atoms with van der Waals surface area (Å²) in [6.45, 7) is 6.22. The van der Waals surface area contributed by atoms with Crippen LogP contribution in [-0.2, 0) is 21.6 Å². The second-order valence-electron chi connectivity index (χ2n) is 6.68. The number of carbonyl (C=O) groups is 2. The van der Waals surface area contributed by atoms with Crippen LogP contribution in [0.5, 0.6) is 0 Å². The molecular formula is C18H22N2O4S. The predicted octanol–water partition coefficient (Wildman–Crippen LogP) is 3.88. The third kappa shape index (κ3) is 5.86. The lowest BCUT2D eigenvalue weighted by molar-refractivity contribution is -0.137. The van der Waals surface area contributed by atoms with Crippen molar-refractivity contribution in [1.29, 1.82) is 0 Å². The Labute approximate surface area is 150 Å². The van der Waals surface area contributed by atoms with Gasteiger partial charge in [0.15, 0.2) is 0 Å². The summed E-state index contributed by atoms with van der Waals surface area (Å²) in [4.78, 5) is 27.7. The second kappa shape index (κ2) is 8.11. The van der Waals surface area contributed by atoms with Gasteiger partial charge in [0, 0.05) is 10.8 Å². The van der Waals surface area contributed by atoms with Gasteiger partial charge in [0.05, 0.1) is 23.2 Å². The van der Waals surface area contributed by atoms with Gasteiger partial charge in [-0.05, 0) is 5.56 Å². The van der Waals surface area contributed by atoms with Crippen molar-refractivity contribution in [2.75, 3.05) is 0 Å². The minimum Gasteiger partial charge on any atom is -0.481 e. The van der Waals surface area contributed by atoms with Crippen molar-refractivity contribution in [2.45, 2.75) is 45.3 Å². The van der Waals surface area contributed by atoms with Gasteiger partial charge in [0.25, 0.3) is 0 Å². The van der Waals surface area contributed by atoms with Gasteiger partial charge < -0.3 is 15.2 Å². The molecule has 7 heteroatoms. The van der Waals surface area contributed by atoms with Crippen LogP contribution in [0.25, 0.3) is 0 Å². The SMILES string of the molecule is CC(C)(C)c1nc([C@H](CC(=O)O)NC(=O)OCc2ccccc2)cs1. The maximum atomic E-state index is 12.0. The van der Waals surface area contributed by atoms with Crippen LogP contribution in [0, 0.1) is 0 Å². The Morgan fingerprint density at radius 1 is 1.28 bits per heavy atom. The molecule has 0 bridgehead atoms. The minimum atomic E-state index is -1.02. The first-order chi connectivity index (χ1) is 11.8. The first kappa shape index (κ1) is 18.9. The van der Waals surface area contributed by atoms with Gasteiger partial charge in [-0.1, -0.05) is 51.1 Å². The summed E-state index contributed by atoms with van der Waals surface area (Å²) < 4.78 is 5.17. The molecule has 1 amide bonds. The number of hydrogen-bond donors (Lipinski definition) is 2. The molecule has 0 spiro atoms. The molecule has 0 aliphatic carbocycles. The summed E-state index contributed by atoms with van der Waals surface area (Å²) >= 11 is 1.45. The third-order valence-electron chi connectivity index (χ3n) is 3.40. The van der Waals surface area contributed by atoms with Gasteiger partial charge in [-0.25, -0.2) is 9.78 Å². The van der Waals surface area contributed by atoms with Gasteiger partial charge in [0.2, 0.25) is 0 Å². The average Bonchev–Trinajstić information content (AvgIpc) is 3.03. The number of nitrogens with zero attached hydrogens (tertiary/aromatic N) is 1. The zero-order chi connectivity index (χ0) is 18.4. The Kier molecular flexibility index (Phi) is 6.14. The van der Waals surface area contributed by atoms with Crippen LogP contribution in [0.15, 0.2) is 35.7 Å². The molecule has 2 N–H and O–H groups in total. The zero-order valence-corrected chi connectivity index (χ0v) is 15.3. The van der Waals surface area contributed by atoms with Crippen LogP contribution in [0.1, 0.15) is 49.5 Å². The molecule has 2 rings (SSSR count). The molecule has 0 aliphatic heterocycles. The number of carboxylic acid groups (broad SMARTS) is 1. The highest BCUT2D eigenvalue weighted by atomic mass is 32.1. The van der Waals surface area contributed by atoms with E-state index in [1.54, 1.807) is 5.38 Å². The summed E-state index contributed by atoms with van der Waals surface area (Å²) in [6, 6.07) is 8.55. The molecule has 1 aromatic carbocycles. The van der Waals surface area contributed by atoms with E-state index < -0.39 is 18.1 Å². The number of thiazole rings is 1. The smallest absolute Gasteiger partial charge is 0.408 e. The van der Waals surface area contributed by atoms with E-state index >= 15 is 0 Å². The molecule has 0 fully saturated rings. The Hall–Kier alpha value is -2.41. The number of carboxylic acids is 1. The molecule has 0 radical (unpaired) electrons. The number of benzene rings is 1. The number of aliphatic carboxylic acids is 1. The molecule has 134 valence electrons. The normalized spacial score (nSPS) is 12.4. The number of carbonyl (C=O) groups excluding carboxylic acids is 1. The molecule has 2 aromatic rings. The number of rotatable bonds is 6. The van der Waals surface area contributed by atoms with Crippen molar-refractivity contribution in [3.63, 3.8) is 0 Å². The highest BCUT2D eigenvalue weighted by Gasteiger charge is 2.24. The van der Waals surface area contributed by atoms with E-state index in [1.165, 1.54) is 11.3 Å². The molecule has 6 nitrogen and oxygen atoms in total. The molecule has 1 atom stereocenters. The number of ether oxygens (including phenoxy) is 1. The molecular weight excluding hydrogens is 340 g/mol. The summed E-state index contributed by atoms with van der Waals surface area (Å²) in [5, 5.41) is 14.4. The first-order valence-corrected chi connectivity index (χ1v) is 8.78. The van der Waals surface area contributed by atoms with E-state index in [2.05, 4.69) is 10.3 Å². The van der Waals surface area contributed by atoms with Crippen LogP contribution in [0.3, 0.4) is 0 Å². The minimum absolute atomic E-state index is 0.122. The fourth-order valence-electron chi connectivity index (χ4n) is 2.10.